The van der Waals surface area contributed by atoms with Crippen molar-refractivity contribution in [1.29, 1.82) is 0 Å². The van der Waals surface area contributed by atoms with Crippen molar-refractivity contribution < 1.29 is 4.74 Å². The second-order valence-corrected chi connectivity index (χ2v) is 4.36. The molecule has 0 bridgehead atoms. The van der Waals surface area contributed by atoms with Gasteiger partial charge in [0, 0.05) is 6.61 Å². The number of aromatic nitrogens is 4. The van der Waals surface area contributed by atoms with Crippen LogP contribution >= 0.6 is 11.6 Å². The lowest BCUT2D eigenvalue weighted by atomic mass is 10.2. The topological polar surface area (TPSA) is 72.8 Å². The van der Waals surface area contributed by atoms with Crippen molar-refractivity contribution in [2.24, 2.45) is 0 Å². The summed E-state index contributed by atoms with van der Waals surface area (Å²) in [5.41, 5.74) is 0.448. The van der Waals surface area contributed by atoms with Gasteiger partial charge < -0.3 is 4.74 Å². The van der Waals surface area contributed by atoms with E-state index >= 15 is 0 Å². The minimum absolute atomic E-state index is 0.0695. The maximum Gasteiger partial charge on any atom is 0.280 e. The fourth-order valence-corrected chi connectivity index (χ4v) is 2.22. The number of H-pyrrole nitrogens is 1. The molecular weight excluding hydrogens is 244 g/mol. The van der Waals surface area contributed by atoms with Crippen LogP contribution < -0.4 is 5.56 Å². The van der Waals surface area contributed by atoms with E-state index in [1.165, 1.54) is 0 Å². The van der Waals surface area contributed by atoms with Crippen LogP contribution in [0.25, 0.3) is 11.2 Å². The third-order valence-electron chi connectivity index (χ3n) is 2.87. The molecular formula is C10H11ClN4O2. The van der Waals surface area contributed by atoms with Gasteiger partial charge >= 0.3 is 0 Å². The van der Waals surface area contributed by atoms with Crippen LogP contribution in [0.5, 0.6) is 0 Å². The van der Waals surface area contributed by atoms with E-state index in [2.05, 4.69) is 15.0 Å². The summed E-state index contributed by atoms with van der Waals surface area (Å²) in [6, 6.07) is 0. The lowest BCUT2D eigenvalue weighted by Gasteiger charge is -2.23. The van der Waals surface area contributed by atoms with E-state index in [0.29, 0.717) is 11.2 Å². The molecule has 2 aromatic rings. The largest absolute Gasteiger partial charge is 0.358 e. The van der Waals surface area contributed by atoms with Crippen molar-refractivity contribution in [2.75, 3.05) is 6.61 Å². The molecule has 1 unspecified atom stereocenters. The fourth-order valence-electron chi connectivity index (χ4n) is 2.05. The molecule has 90 valence electrons. The molecule has 17 heavy (non-hydrogen) atoms. The number of halogens is 1. The molecule has 1 aliphatic heterocycles. The van der Waals surface area contributed by atoms with Crippen LogP contribution in [0.4, 0.5) is 0 Å². The first kappa shape index (κ1) is 10.7. The van der Waals surface area contributed by atoms with Gasteiger partial charge in [-0.05, 0) is 30.9 Å². The number of nitrogens with one attached hydrogen (secondary N) is 1. The van der Waals surface area contributed by atoms with Gasteiger partial charge in [-0.2, -0.15) is 4.98 Å². The summed E-state index contributed by atoms with van der Waals surface area (Å²) in [4.78, 5) is 22.2. The van der Waals surface area contributed by atoms with Crippen LogP contribution in [-0.4, -0.2) is 26.1 Å². The van der Waals surface area contributed by atoms with Crippen molar-refractivity contribution >= 4 is 22.8 Å². The van der Waals surface area contributed by atoms with E-state index in [1.807, 2.05) is 0 Å². The van der Waals surface area contributed by atoms with E-state index in [0.717, 1.165) is 25.9 Å². The quantitative estimate of drug-likeness (QED) is 0.782. The SMILES string of the molecule is O=c1[nH]c(Cl)nc2c1ncn2C1CCCCO1. The normalized spacial score (nSPS) is 20.9. The van der Waals surface area contributed by atoms with Gasteiger partial charge in [0.25, 0.3) is 5.56 Å². The van der Waals surface area contributed by atoms with Crippen molar-refractivity contribution in [3.63, 3.8) is 0 Å². The van der Waals surface area contributed by atoms with Crippen LogP contribution in [0.1, 0.15) is 25.5 Å². The molecule has 0 amide bonds. The van der Waals surface area contributed by atoms with Crippen LogP contribution in [0.15, 0.2) is 11.1 Å². The lowest BCUT2D eigenvalue weighted by Crippen LogP contribution is -2.18. The molecule has 0 aliphatic carbocycles. The summed E-state index contributed by atoms with van der Waals surface area (Å²) >= 11 is 5.74. The smallest absolute Gasteiger partial charge is 0.280 e. The molecule has 1 atom stereocenters. The summed E-state index contributed by atoms with van der Waals surface area (Å²) in [7, 11) is 0. The van der Waals surface area contributed by atoms with Crippen LogP contribution in [0.2, 0.25) is 5.28 Å². The first-order chi connectivity index (χ1) is 8.25. The molecule has 1 N–H and O–H groups in total. The fraction of sp³-hybridized carbons (Fsp3) is 0.500. The zero-order valence-corrected chi connectivity index (χ0v) is 9.78. The van der Waals surface area contributed by atoms with Gasteiger partial charge in [0.15, 0.2) is 11.2 Å². The molecule has 0 aromatic carbocycles. The number of nitrogens with zero attached hydrogens (tertiary/aromatic N) is 3. The maximum atomic E-state index is 11.6. The van der Waals surface area contributed by atoms with Gasteiger partial charge in [0.2, 0.25) is 5.28 Å². The van der Waals surface area contributed by atoms with Crippen LogP contribution in [0, 0.1) is 0 Å². The lowest BCUT2D eigenvalue weighted by molar-refractivity contribution is -0.0298. The second-order valence-electron chi connectivity index (χ2n) is 4.00. The Morgan fingerprint density at radius 3 is 3.18 bits per heavy atom. The number of imidazole rings is 1. The van der Waals surface area contributed by atoms with E-state index < -0.39 is 0 Å². The molecule has 0 radical (unpaired) electrons. The van der Waals surface area contributed by atoms with Crippen molar-refractivity contribution in [2.45, 2.75) is 25.5 Å². The number of aromatic amines is 1. The van der Waals surface area contributed by atoms with Gasteiger partial charge in [0.1, 0.15) is 6.23 Å². The Labute approximate surface area is 102 Å². The standard InChI is InChI=1S/C10H11ClN4O2/c11-10-13-8-7(9(16)14-10)12-5-15(8)6-3-1-2-4-17-6/h5-6H,1-4H2,(H,13,14,16). The zero-order valence-electron chi connectivity index (χ0n) is 9.02. The molecule has 2 aromatic heterocycles. The monoisotopic (exact) mass is 254 g/mol. The van der Waals surface area contributed by atoms with Crippen molar-refractivity contribution in [3.05, 3.63) is 22.0 Å². The zero-order chi connectivity index (χ0) is 11.8. The summed E-state index contributed by atoms with van der Waals surface area (Å²) in [6.07, 6.45) is 4.55. The van der Waals surface area contributed by atoms with E-state index in [9.17, 15) is 4.79 Å². The highest BCUT2D eigenvalue weighted by Gasteiger charge is 2.19. The Bertz CT molecular complexity index is 600. The second kappa shape index (κ2) is 4.12. The number of hydrogen-bond acceptors (Lipinski definition) is 4. The summed E-state index contributed by atoms with van der Waals surface area (Å²) < 4.78 is 7.41. The number of rotatable bonds is 1. The maximum absolute atomic E-state index is 11.6. The highest BCUT2D eigenvalue weighted by Crippen LogP contribution is 2.24. The molecule has 3 rings (SSSR count). The minimum Gasteiger partial charge on any atom is -0.358 e. The van der Waals surface area contributed by atoms with Gasteiger partial charge in [-0.15, -0.1) is 0 Å². The predicted octanol–water partition coefficient (Wildman–Crippen LogP) is 1.47. The van der Waals surface area contributed by atoms with Gasteiger partial charge in [-0.25, -0.2) is 4.98 Å². The van der Waals surface area contributed by atoms with Gasteiger partial charge in [0.05, 0.1) is 6.33 Å². The summed E-state index contributed by atoms with van der Waals surface area (Å²) in [6.45, 7) is 0.723. The molecule has 6 nitrogen and oxygen atoms in total. The number of fused-ring (bicyclic) bond motifs is 1. The van der Waals surface area contributed by atoms with Crippen molar-refractivity contribution in [1.82, 2.24) is 19.5 Å². The van der Waals surface area contributed by atoms with E-state index in [4.69, 9.17) is 16.3 Å². The molecule has 0 spiro atoms. The third kappa shape index (κ3) is 1.83. The first-order valence-electron chi connectivity index (χ1n) is 5.49. The summed E-state index contributed by atoms with van der Waals surface area (Å²) in [5, 5.41) is 0.0695. The Morgan fingerprint density at radius 1 is 1.53 bits per heavy atom. The van der Waals surface area contributed by atoms with Crippen LogP contribution in [0.3, 0.4) is 0 Å². The summed E-state index contributed by atoms with van der Waals surface area (Å²) in [5.74, 6) is 0. The molecule has 1 fully saturated rings. The third-order valence-corrected chi connectivity index (χ3v) is 3.05. The Hall–Kier alpha value is -1.40. The van der Waals surface area contributed by atoms with Gasteiger partial charge in [-0.3, -0.25) is 14.3 Å². The molecule has 3 heterocycles. The highest BCUT2D eigenvalue weighted by atomic mass is 35.5. The number of hydrogen-bond donors (Lipinski definition) is 1. The average Bonchev–Trinajstić information content (AvgIpc) is 2.74. The predicted molar refractivity (Wildman–Crippen MR) is 62.0 cm³/mol. The Balaban J connectivity index is 2.13. The average molecular weight is 255 g/mol. The Kier molecular flexibility index (Phi) is 2.60. The van der Waals surface area contributed by atoms with Crippen LogP contribution in [-0.2, 0) is 4.74 Å². The number of ether oxygens (including phenoxy) is 1. The first-order valence-corrected chi connectivity index (χ1v) is 5.87. The molecule has 1 saturated heterocycles. The molecule has 7 heteroatoms. The Morgan fingerprint density at radius 2 is 2.41 bits per heavy atom. The highest BCUT2D eigenvalue weighted by molar-refractivity contribution is 6.28. The van der Waals surface area contributed by atoms with Crippen molar-refractivity contribution in [3.8, 4) is 0 Å². The van der Waals surface area contributed by atoms with E-state index in [-0.39, 0.29) is 17.1 Å². The molecule has 1 aliphatic rings. The minimum atomic E-state index is -0.324. The van der Waals surface area contributed by atoms with Gasteiger partial charge in [-0.1, -0.05) is 0 Å². The van der Waals surface area contributed by atoms with E-state index in [1.54, 1.807) is 10.9 Å². The molecule has 0 saturated carbocycles.